The summed E-state index contributed by atoms with van der Waals surface area (Å²) in [7, 11) is 1.82. The highest BCUT2D eigenvalue weighted by atomic mass is 35.5. The van der Waals surface area contributed by atoms with E-state index in [0.717, 1.165) is 16.8 Å². The first-order valence-electron chi connectivity index (χ1n) is 7.59. The highest BCUT2D eigenvalue weighted by Crippen LogP contribution is 2.26. The number of aromatic nitrogens is 3. The largest absolute Gasteiger partial charge is 0.459 e. The van der Waals surface area contributed by atoms with Crippen LogP contribution in [0.4, 0.5) is 4.79 Å². The van der Waals surface area contributed by atoms with Crippen molar-refractivity contribution in [1.82, 2.24) is 25.4 Å². The van der Waals surface area contributed by atoms with Gasteiger partial charge in [-0.05, 0) is 31.2 Å². The maximum atomic E-state index is 12.0. The van der Waals surface area contributed by atoms with Crippen LogP contribution in [0.3, 0.4) is 0 Å². The number of fused-ring (bicyclic) bond motifs is 1. The zero-order valence-electron chi connectivity index (χ0n) is 13.4. The van der Waals surface area contributed by atoms with Crippen LogP contribution < -0.4 is 10.6 Å². The van der Waals surface area contributed by atoms with Gasteiger partial charge in [0.15, 0.2) is 0 Å². The second-order valence-electron chi connectivity index (χ2n) is 5.50. The smallest absolute Gasteiger partial charge is 0.315 e. The Hall–Kier alpha value is -2.54. The average Bonchev–Trinajstić information content (AvgIpc) is 3.13. The molecule has 7 nitrogen and oxygen atoms in total. The average molecular weight is 348 g/mol. The van der Waals surface area contributed by atoms with Gasteiger partial charge in [0.2, 0.25) is 0 Å². The molecule has 0 radical (unpaired) electrons. The van der Waals surface area contributed by atoms with Crippen molar-refractivity contribution in [1.29, 1.82) is 0 Å². The number of furan rings is 1. The fraction of sp³-hybridized carbons (Fsp3) is 0.312. The van der Waals surface area contributed by atoms with Crippen molar-refractivity contribution in [2.75, 3.05) is 6.54 Å². The van der Waals surface area contributed by atoms with E-state index < -0.39 is 0 Å². The number of amides is 2. The first kappa shape index (κ1) is 16.3. The van der Waals surface area contributed by atoms with Crippen molar-refractivity contribution < 1.29 is 9.21 Å². The van der Waals surface area contributed by atoms with Crippen LogP contribution in [-0.2, 0) is 13.5 Å². The monoisotopic (exact) mass is 347 g/mol. The highest BCUT2D eigenvalue weighted by Gasteiger charge is 2.14. The van der Waals surface area contributed by atoms with Gasteiger partial charge in [0, 0.05) is 30.4 Å². The Balaban J connectivity index is 1.54. The second-order valence-corrected chi connectivity index (χ2v) is 5.94. The summed E-state index contributed by atoms with van der Waals surface area (Å²) in [4.78, 5) is 16.1. The molecular weight excluding hydrogens is 330 g/mol. The third-order valence-corrected chi connectivity index (χ3v) is 3.95. The second kappa shape index (κ2) is 6.92. The van der Waals surface area contributed by atoms with Crippen molar-refractivity contribution in [2.45, 2.75) is 19.4 Å². The lowest BCUT2D eigenvalue weighted by molar-refractivity contribution is 0.236. The van der Waals surface area contributed by atoms with Gasteiger partial charge in [-0.3, -0.25) is 4.68 Å². The lowest BCUT2D eigenvalue weighted by Crippen LogP contribution is -2.38. The van der Waals surface area contributed by atoms with E-state index in [4.69, 9.17) is 16.0 Å². The molecule has 1 atom stereocenters. The normalized spacial score (nSPS) is 12.3. The van der Waals surface area contributed by atoms with Crippen molar-refractivity contribution >= 4 is 28.6 Å². The van der Waals surface area contributed by atoms with Gasteiger partial charge in [-0.15, -0.1) is 0 Å². The van der Waals surface area contributed by atoms with E-state index in [2.05, 4.69) is 20.7 Å². The molecule has 3 aromatic rings. The number of hydrogen-bond donors (Lipinski definition) is 2. The maximum Gasteiger partial charge on any atom is 0.315 e. The summed E-state index contributed by atoms with van der Waals surface area (Å²) >= 11 is 5.97. The maximum absolute atomic E-state index is 12.0. The summed E-state index contributed by atoms with van der Waals surface area (Å²) in [6, 6.07) is 6.78. The number of halogens is 1. The molecule has 24 heavy (non-hydrogen) atoms. The van der Waals surface area contributed by atoms with E-state index >= 15 is 0 Å². The van der Waals surface area contributed by atoms with Crippen LogP contribution in [0.1, 0.15) is 24.6 Å². The molecule has 0 saturated heterocycles. The van der Waals surface area contributed by atoms with Crippen LogP contribution in [0.5, 0.6) is 0 Å². The van der Waals surface area contributed by atoms with E-state index in [0.29, 0.717) is 23.7 Å². The molecule has 2 aromatic heterocycles. The fourth-order valence-electron chi connectivity index (χ4n) is 2.40. The minimum absolute atomic E-state index is 0.258. The molecule has 2 amide bonds. The van der Waals surface area contributed by atoms with E-state index in [-0.39, 0.29) is 12.1 Å². The minimum Gasteiger partial charge on any atom is -0.459 e. The van der Waals surface area contributed by atoms with Crippen molar-refractivity contribution in [3.63, 3.8) is 0 Å². The van der Waals surface area contributed by atoms with Crippen LogP contribution in [0.15, 0.2) is 35.0 Å². The predicted molar refractivity (Wildman–Crippen MR) is 90.9 cm³/mol. The van der Waals surface area contributed by atoms with Gasteiger partial charge >= 0.3 is 6.03 Å². The zero-order valence-corrected chi connectivity index (χ0v) is 14.2. The molecule has 2 N–H and O–H groups in total. The summed E-state index contributed by atoms with van der Waals surface area (Å²) in [6.45, 7) is 2.34. The molecule has 0 bridgehead atoms. The molecule has 0 aliphatic rings. The first-order valence-corrected chi connectivity index (χ1v) is 7.97. The molecule has 3 rings (SSSR count). The summed E-state index contributed by atoms with van der Waals surface area (Å²) in [5.74, 6) is 1.49. The van der Waals surface area contributed by atoms with Crippen LogP contribution >= 0.6 is 11.6 Å². The van der Waals surface area contributed by atoms with Gasteiger partial charge in [0.1, 0.15) is 23.5 Å². The molecule has 0 saturated carbocycles. The lowest BCUT2D eigenvalue weighted by Gasteiger charge is -2.12. The van der Waals surface area contributed by atoms with Crippen LogP contribution in [0, 0.1) is 0 Å². The minimum atomic E-state index is -0.261. The predicted octanol–water partition coefficient (Wildman–Crippen LogP) is 2.82. The quantitative estimate of drug-likeness (QED) is 0.743. The molecule has 2 heterocycles. The van der Waals surface area contributed by atoms with E-state index in [1.54, 1.807) is 10.7 Å². The van der Waals surface area contributed by atoms with Gasteiger partial charge in [-0.1, -0.05) is 11.6 Å². The number of rotatable bonds is 5. The van der Waals surface area contributed by atoms with Crippen molar-refractivity contribution in [2.24, 2.45) is 7.05 Å². The van der Waals surface area contributed by atoms with Crippen LogP contribution in [0.25, 0.3) is 11.0 Å². The zero-order chi connectivity index (χ0) is 17.1. The molecule has 0 spiro atoms. The third kappa shape index (κ3) is 3.68. The number of aryl methyl sites for hydroxylation is 1. The number of carbonyl (C=O) groups excluding carboxylic acids is 1. The molecule has 0 aliphatic heterocycles. The molecule has 8 heteroatoms. The summed E-state index contributed by atoms with van der Waals surface area (Å²) in [6.07, 6.45) is 2.10. The molecule has 126 valence electrons. The Labute approximate surface area is 144 Å². The summed E-state index contributed by atoms with van der Waals surface area (Å²) < 4.78 is 7.42. The molecule has 0 aliphatic carbocycles. The Morgan fingerprint density at radius 2 is 2.25 bits per heavy atom. The Kier molecular flexibility index (Phi) is 4.71. The molecule has 0 fully saturated rings. The third-order valence-electron chi connectivity index (χ3n) is 3.71. The van der Waals surface area contributed by atoms with Gasteiger partial charge in [-0.25, -0.2) is 9.78 Å². The Morgan fingerprint density at radius 3 is 3.00 bits per heavy atom. The van der Waals surface area contributed by atoms with Crippen LogP contribution in [-0.4, -0.2) is 27.3 Å². The fourth-order valence-corrected chi connectivity index (χ4v) is 2.58. The summed E-state index contributed by atoms with van der Waals surface area (Å²) in [5, 5.41) is 11.2. The molecular formula is C16H18ClN5O2. The topological polar surface area (TPSA) is 85.0 Å². The van der Waals surface area contributed by atoms with E-state index in [9.17, 15) is 4.79 Å². The number of nitrogens with one attached hydrogen (secondary N) is 2. The molecule has 0 unspecified atom stereocenters. The highest BCUT2D eigenvalue weighted by molar-refractivity contribution is 6.31. The first-order chi connectivity index (χ1) is 11.5. The summed E-state index contributed by atoms with van der Waals surface area (Å²) in [5.41, 5.74) is 0.741. The SMILES string of the molecule is C[C@@H](NC(=O)NCCc1ncnn1C)c1cc2cc(Cl)ccc2o1. The molecule has 1 aromatic carbocycles. The number of urea groups is 1. The van der Waals surface area contributed by atoms with Crippen molar-refractivity contribution in [3.05, 3.63) is 47.2 Å². The Morgan fingerprint density at radius 1 is 1.42 bits per heavy atom. The van der Waals surface area contributed by atoms with Gasteiger partial charge in [0.25, 0.3) is 0 Å². The lowest BCUT2D eigenvalue weighted by atomic mass is 10.2. The number of nitrogens with zero attached hydrogens (tertiary/aromatic N) is 3. The Bertz CT molecular complexity index is 857. The standard InChI is InChI=1S/C16H18ClN5O2/c1-10(14-8-11-7-12(17)3-4-13(11)24-14)21-16(23)18-6-5-15-19-9-20-22(15)2/h3-4,7-10H,5-6H2,1-2H3,(H2,18,21,23)/t10-/m1/s1. The van der Waals surface area contributed by atoms with Gasteiger partial charge < -0.3 is 15.1 Å². The van der Waals surface area contributed by atoms with Gasteiger partial charge in [-0.2, -0.15) is 5.10 Å². The number of carbonyl (C=O) groups is 1. The number of hydrogen-bond acceptors (Lipinski definition) is 4. The van der Waals surface area contributed by atoms with Crippen LogP contribution in [0.2, 0.25) is 5.02 Å². The number of benzene rings is 1. The van der Waals surface area contributed by atoms with E-state index in [1.807, 2.05) is 32.2 Å². The van der Waals surface area contributed by atoms with Crippen molar-refractivity contribution in [3.8, 4) is 0 Å². The van der Waals surface area contributed by atoms with Gasteiger partial charge in [0.05, 0.1) is 6.04 Å². The van der Waals surface area contributed by atoms with E-state index in [1.165, 1.54) is 6.33 Å².